The van der Waals surface area contributed by atoms with Gasteiger partial charge in [0.25, 0.3) is 0 Å². The van der Waals surface area contributed by atoms with E-state index in [9.17, 15) is 13.2 Å². The zero-order valence-electron chi connectivity index (χ0n) is 15.7. The molecule has 0 amide bonds. The Bertz CT molecular complexity index is 328. The molecule has 0 fully saturated rings. The van der Waals surface area contributed by atoms with Gasteiger partial charge in [-0.1, -0.05) is 13.8 Å². The van der Waals surface area contributed by atoms with Crippen LogP contribution in [0.25, 0.3) is 0 Å². The summed E-state index contributed by atoms with van der Waals surface area (Å²) in [4.78, 5) is 6.76. The fourth-order valence-corrected chi connectivity index (χ4v) is 2.41. The molecule has 0 saturated carbocycles. The molecule has 0 bridgehead atoms. The Morgan fingerprint density at radius 2 is 1.75 bits per heavy atom. The molecule has 1 atom stereocenters. The topological polar surface area (TPSA) is 39.7 Å². The van der Waals surface area contributed by atoms with E-state index in [0.29, 0.717) is 18.9 Å². The van der Waals surface area contributed by atoms with E-state index in [4.69, 9.17) is 0 Å². The van der Waals surface area contributed by atoms with Gasteiger partial charge in [0.2, 0.25) is 0 Å². The van der Waals surface area contributed by atoms with Gasteiger partial charge in [0, 0.05) is 25.6 Å². The second-order valence-corrected chi connectivity index (χ2v) is 6.05. The van der Waals surface area contributed by atoms with E-state index < -0.39 is 12.6 Å². The van der Waals surface area contributed by atoms with Crippen LogP contribution in [0.3, 0.4) is 0 Å². The molecule has 0 saturated heterocycles. The largest absolute Gasteiger partial charge is 0.389 e. The van der Waals surface area contributed by atoms with Crippen LogP contribution in [-0.2, 0) is 0 Å². The van der Waals surface area contributed by atoms with Crippen molar-refractivity contribution in [1.82, 2.24) is 15.5 Å². The second kappa shape index (κ2) is 13.3. The summed E-state index contributed by atoms with van der Waals surface area (Å²) in [5.74, 6) is 0.694. The Kier molecular flexibility index (Phi) is 12.8. The summed E-state index contributed by atoms with van der Waals surface area (Å²) < 4.78 is 36.3. The normalized spacial score (nSPS) is 14.1. The van der Waals surface area contributed by atoms with Crippen LogP contribution >= 0.6 is 0 Å². The molecule has 0 aliphatic carbocycles. The molecule has 0 spiro atoms. The molecule has 0 aliphatic heterocycles. The van der Waals surface area contributed by atoms with Crippen LogP contribution in [0.4, 0.5) is 13.2 Å². The van der Waals surface area contributed by atoms with Gasteiger partial charge in [0.15, 0.2) is 5.96 Å². The Morgan fingerprint density at radius 1 is 1.08 bits per heavy atom. The maximum absolute atomic E-state index is 12.1. The summed E-state index contributed by atoms with van der Waals surface area (Å²) in [5, 5.41) is 6.48. The van der Waals surface area contributed by atoms with Gasteiger partial charge in [-0.2, -0.15) is 13.2 Å². The van der Waals surface area contributed by atoms with Crippen LogP contribution in [0.5, 0.6) is 0 Å². The average molecular weight is 352 g/mol. The van der Waals surface area contributed by atoms with Crippen molar-refractivity contribution in [1.29, 1.82) is 0 Å². The summed E-state index contributed by atoms with van der Waals surface area (Å²) >= 11 is 0. The van der Waals surface area contributed by atoms with Crippen molar-refractivity contribution in [3.05, 3.63) is 0 Å². The number of nitrogens with zero attached hydrogens (tertiary/aromatic N) is 2. The van der Waals surface area contributed by atoms with E-state index in [1.807, 2.05) is 6.92 Å². The van der Waals surface area contributed by atoms with Gasteiger partial charge in [0.1, 0.15) is 0 Å². The Labute approximate surface area is 145 Å². The molecular formula is C17H35F3N4. The van der Waals surface area contributed by atoms with Gasteiger partial charge in [0.05, 0.1) is 0 Å². The Morgan fingerprint density at radius 3 is 2.29 bits per heavy atom. The molecule has 0 rings (SSSR count). The maximum Gasteiger partial charge on any atom is 0.389 e. The van der Waals surface area contributed by atoms with Gasteiger partial charge in [-0.25, -0.2) is 0 Å². The van der Waals surface area contributed by atoms with Crippen LogP contribution in [0.2, 0.25) is 0 Å². The smallest absolute Gasteiger partial charge is 0.357 e. The molecule has 0 aliphatic rings. The van der Waals surface area contributed by atoms with Crippen molar-refractivity contribution in [2.75, 3.05) is 32.7 Å². The first kappa shape index (κ1) is 23.0. The van der Waals surface area contributed by atoms with Crippen LogP contribution in [0.15, 0.2) is 4.99 Å². The molecule has 0 aromatic rings. The maximum atomic E-state index is 12.1. The van der Waals surface area contributed by atoms with E-state index in [2.05, 4.69) is 41.3 Å². The van der Waals surface area contributed by atoms with Gasteiger partial charge in [-0.3, -0.25) is 4.99 Å². The zero-order valence-corrected chi connectivity index (χ0v) is 15.7. The molecule has 1 unspecified atom stereocenters. The predicted octanol–water partition coefficient (Wildman–Crippen LogP) is 3.78. The summed E-state index contributed by atoms with van der Waals surface area (Å²) in [6, 6.07) is 0.286. The lowest BCUT2D eigenvalue weighted by atomic mass is 10.2. The molecule has 2 N–H and O–H groups in total. The third-order valence-corrected chi connectivity index (χ3v) is 3.87. The number of halogens is 3. The highest BCUT2D eigenvalue weighted by molar-refractivity contribution is 5.79. The minimum Gasteiger partial charge on any atom is -0.357 e. The highest BCUT2D eigenvalue weighted by atomic mass is 19.4. The second-order valence-electron chi connectivity index (χ2n) is 6.05. The highest BCUT2D eigenvalue weighted by Gasteiger charge is 2.25. The Hall–Kier alpha value is -0.980. The van der Waals surface area contributed by atoms with E-state index >= 15 is 0 Å². The lowest BCUT2D eigenvalue weighted by molar-refractivity contribution is -0.135. The Balaban J connectivity index is 4.09. The molecule has 24 heavy (non-hydrogen) atoms. The highest BCUT2D eigenvalue weighted by Crippen LogP contribution is 2.21. The van der Waals surface area contributed by atoms with Crippen molar-refractivity contribution in [3.63, 3.8) is 0 Å². The average Bonchev–Trinajstić information content (AvgIpc) is 2.50. The summed E-state index contributed by atoms with van der Waals surface area (Å²) in [6.07, 6.45) is -2.06. The quantitative estimate of drug-likeness (QED) is 0.319. The standard InChI is InChI=1S/C17H35F3N4/c1-5-21-16(22-13-9-8-12-17(18,19)20)23-15(4)11-10-14-24(6-2)7-3/h15H,5-14H2,1-4H3,(H2,21,22,23). The van der Waals surface area contributed by atoms with Crippen molar-refractivity contribution in [3.8, 4) is 0 Å². The monoisotopic (exact) mass is 352 g/mol. The fraction of sp³-hybridized carbons (Fsp3) is 0.941. The molecule has 144 valence electrons. The predicted molar refractivity (Wildman–Crippen MR) is 95.5 cm³/mol. The molecule has 0 heterocycles. The first-order valence-electron chi connectivity index (χ1n) is 9.16. The first-order valence-corrected chi connectivity index (χ1v) is 9.16. The third-order valence-electron chi connectivity index (χ3n) is 3.87. The SMILES string of the molecule is CCNC(=NCCCCC(F)(F)F)NC(C)CCCN(CC)CC. The lowest BCUT2D eigenvalue weighted by Gasteiger charge is -2.21. The lowest BCUT2D eigenvalue weighted by Crippen LogP contribution is -2.42. The number of nitrogens with one attached hydrogen (secondary N) is 2. The van der Waals surface area contributed by atoms with E-state index in [0.717, 1.165) is 39.0 Å². The van der Waals surface area contributed by atoms with Crippen LogP contribution in [-0.4, -0.2) is 55.8 Å². The van der Waals surface area contributed by atoms with Crippen LogP contribution in [0, 0.1) is 0 Å². The number of hydrogen-bond acceptors (Lipinski definition) is 2. The number of rotatable bonds is 12. The molecular weight excluding hydrogens is 317 g/mol. The molecule has 4 nitrogen and oxygen atoms in total. The van der Waals surface area contributed by atoms with E-state index in [1.54, 1.807) is 0 Å². The molecule has 0 aromatic heterocycles. The molecule has 7 heteroatoms. The minimum absolute atomic E-state index is 0.131. The van der Waals surface area contributed by atoms with Crippen molar-refractivity contribution < 1.29 is 13.2 Å². The number of hydrogen-bond donors (Lipinski definition) is 2. The van der Waals surface area contributed by atoms with Crippen molar-refractivity contribution in [2.24, 2.45) is 4.99 Å². The van der Waals surface area contributed by atoms with Crippen LogP contribution < -0.4 is 10.6 Å². The van der Waals surface area contributed by atoms with Crippen molar-refractivity contribution in [2.45, 2.75) is 72.0 Å². The van der Waals surface area contributed by atoms with E-state index in [-0.39, 0.29) is 12.5 Å². The summed E-state index contributed by atoms with van der Waals surface area (Å²) in [5.41, 5.74) is 0. The van der Waals surface area contributed by atoms with Gasteiger partial charge in [-0.15, -0.1) is 0 Å². The van der Waals surface area contributed by atoms with Crippen LogP contribution in [0.1, 0.15) is 59.8 Å². The van der Waals surface area contributed by atoms with Crippen molar-refractivity contribution >= 4 is 5.96 Å². The number of alkyl halides is 3. The fourth-order valence-electron chi connectivity index (χ4n) is 2.41. The first-order chi connectivity index (χ1) is 11.3. The van der Waals surface area contributed by atoms with Gasteiger partial charge in [-0.05, 0) is 59.2 Å². The molecule has 0 radical (unpaired) electrons. The number of unbranched alkanes of at least 4 members (excludes halogenated alkanes) is 1. The molecule has 0 aromatic carbocycles. The number of guanidine groups is 1. The summed E-state index contributed by atoms with van der Waals surface area (Å²) in [6.45, 7) is 12.8. The third kappa shape index (κ3) is 13.5. The van der Waals surface area contributed by atoms with E-state index in [1.165, 1.54) is 0 Å². The van der Waals surface area contributed by atoms with Gasteiger partial charge >= 0.3 is 6.18 Å². The summed E-state index contributed by atoms with van der Waals surface area (Å²) in [7, 11) is 0. The number of aliphatic imine (C=N–C) groups is 1. The van der Waals surface area contributed by atoms with Gasteiger partial charge < -0.3 is 15.5 Å². The zero-order chi connectivity index (χ0) is 18.4. The minimum atomic E-state index is -4.06.